The molecule has 0 radical (unpaired) electrons. The number of fused-ring (bicyclic) bond motifs is 1. The molecule has 0 spiro atoms. The van der Waals surface area contributed by atoms with Crippen molar-refractivity contribution in [3.63, 3.8) is 0 Å². The lowest BCUT2D eigenvalue weighted by molar-refractivity contribution is -0.124. The molecule has 5 heteroatoms. The van der Waals surface area contributed by atoms with E-state index in [4.69, 9.17) is 0 Å². The molecule has 0 aliphatic carbocycles. The molecule has 1 aliphatic rings. The van der Waals surface area contributed by atoms with E-state index in [0.29, 0.717) is 35.3 Å². The van der Waals surface area contributed by atoms with Crippen LogP contribution in [-0.2, 0) is 11.2 Å². The molecule has 1 unspecified atom stereocenters. The summed E-state index contributed by atoms with van der Waals surface area (Å²) in [4.78, 5) is 29.8. The highest BCUT2D eigenvalue weighted by Crippen LogP contribution is 2.23. The number of amides is 1. The number of piperidine rings is 1. The summed E-state index contributed by atoms with van der Waals surface area (Å²) < 4.78 is 1.53. The van der Waals surface area contributed by atoms with Crippen LogP contribution in [-0.4, -0.2) is 15.5 Å². The number of hydrogen-bond donors (Lipinski definition) is 1. The van der Waals surface area contributed by atoms with Crippen molar-refractivity contribution in [2.24, 2.45) is 0 Å². The van der Waals surface area contributed by atoms with Crippen molar-refractivity contribution in [1.29, 1.82) is 0 Å². The molecule has 1 atom stereocenters. The molecule has 114 valence electrons. The van der Waals surface area contributed by atoms with E-state index in [2.05, 4.69) is 16.9 Å². The van der Waals surface area contributed by atoms with Gasteiger partial charge in [-0.25, -0.2) is 4.98 Å². The maximum atomic E-state index is 13.0. The fourth-order valence-electron chi connectivity index (χ4n) is 3.09. The summed E-state index contributed by atoms with van der Waals surface area (Å²) in [5.41, 5.74) is 2.23. The highest BCUT2D eigenvalue weighted by molar-refractivity contribution is 5.85. The molecular formula is C17H19N3O2. The van der Waals surface area contributed by atoms with E-state index >= 15 is 0 Å². The van der Waals surface area contributed by atoms with Crippen molar-refractivity contribution in [3.05, 3.63) is 52.2 Å². The van der Waals surface area contributed by atoms with Crippen LogP contribution in [0.4, 0.5) is 0 Å². The number of aryl methyl sites for hydroxylation is 2. The highest BCUT2D eigenvalue weighted by atomic mass is 16.2. The van der Waals surface area contributed by atoms with Crippen LogP contribution in [0.1, 0.15) is 37.2 Å². The van der Waals surface area contributed by atoms with E-state index in [0.717, 1.165) is 12.0 Å². The highest BCUT2D eigenvalue weighted by Gasteiger charge is 2.28. The Bertz CT molecular complexity index is 836. The van der Waals surface area contributed by atoms with Crippen LogP contribution in [0.25, 0.3) is 10.9 Å². The summed E-state index contributed by atoms with van der Waals surface area (Å²) in [6, 6.07) is 5.18. The van der Waals surface area contributed by atoms with Crippen molar-refractivity contribution in [2.45, 2.75) is 39.2 Å². The summed E-state index contributed by atoms with van der Waals surface area (Å²) in [6.45, 7) is 7.56. The molecule has 2 heterocycles. The molecule has 2 aromatic rings. The monoisotopic (exact) mass is 297 g/mol. The van der Waals surface area contributed by atoms with Crippen molar-refractivity contribution >= 4 is 16.8 Å². The van der Waals surface area contributed by atoms with Crippen molar-refractivity contribution < 1.29 is 4.79 Å². The van der Waals surface area contributed by atoms with Crippen LogP contribution in [0.5, 0.6) is 0 Å². The van der Waals surface area contributed by atoms with Gasteiger partial charge >= 0.3 is 0 Å². The van der Waals surface area contributed by atoms with E-state index in [1.54, 1.807) is 6.92 Å². The Kier molecular flexibility index (Phi) is 3.56. The molecule has 1 aliphatic heterocycles. The summed E-state index contributed by atoms with van der Waals surface area (Å²) in [5.74, 6) is 0.384. The zero-order valence-corrected chi connectivity index (χ0v) is 12.8. The van der Waals surface area contributed by atoms with Gasteiger partial charge in [0.1, 0.15) is 11.9 Å². The number of aromatic nitrogens is 2. The summed E-state index contributed by atoms with van der Waals surface area (Å²) >= 11 is 0. The minimum atomic E-state index is -0.514. The minimum absolute atomic E-state index is 0.132. The fraction of sp³-hybridized carbons (Fsp3) is 0.353. The predicted octanol–water partition coefficient (Wildman–Crippen LogP) is 2.23. The molecule has 1 fully saturated rings. The maximum Gasteiger partial charge on any atom is 0.262 e. The largest absolute Gasteiger partial charge is 0.329 e. The lowest BCUT2D eigenvalue weighted by Gasteiger charge is -2.26. The number of benzene rings is 1. The Balaban J connectivity index is 2.24. The molecule has 1 saturated heterocycles. The molecule has 1 aromatic carbocycles. The zero-order valence-electron chi connectivity index (χ0n) is 12.8. The Hall–Kier alpha value is -2.43. The van der Waals surface area contributed by atoms with Crippen LogP contribution in [0, 0.1) is 6.92 Å². The molecular weight excluding hydrogens is 278 g/mol. The number of hydrogen-bond acceptors (Lipinski definition) is 3. The first-order chi connectivity index (χ1) is 10.5. The zero-order chi connectivity index (χ0) is 15.9. The van der Waals surface area contributed by atoms with Gasteiger partial charge in [0.2, 0.25) is 5.91 Å². The normalized spacial score (nSPS) is 18.5. The Morgan fingerprint density at radius 3 is 2.86 bits per heavy atom. The van der Waals surface area contributed by atoms with Gasteiger partial charge in [-0.05, 0) is 37.8 Å². The van der Waals surface area contributed by atoms with Gasteiger partial charge < -0.3 is 5.32 Å². The van der Waals surface area contributed by atoms with Gasteiger partial charge in [-0.3, -0.25) is 14.2 Å². The van der Waals surface area contributed by atoms with E-state index < -0.39 is 6.04 Å². The first-order valence-electron chi connectivity index (χ1n) is 7.52. The first-order valence-corrected chi connectivity index (χ1v) is 7.52. The topological polar surface area (TPSA) is 64.0 Å². The second-order valence-electron chi connectivity index (χ2n) is 5.65. The van der Waals surface area contributed by atoms with Gasteiger partial charge in [-0.15, -0.1) is 0 Å². The average molecular weight is 297 g/mol. The van der Waals surface area contributed by atoms with E-state index in [-0.39, 0.29) is 11.5 Å². The molecule has 0 bridgehead atoms. The van der Waals surface area contributed by atoms with Gasteiger partial charge in [0.25, 0.3) is 5.56 Å². The predicted molar refractivity (Wildman–Crippen MR) is 85.7 cm³/mol. The number of carbonyl (C=O) groups excluding carboxylic acids is 1. The Labute approximate surface area is 128 Å². The second-order valence-corrected chi connectivity index (χ2v) is 5.65. The van der Waals surface area contributed by atoms with Gasteiger partial charge in [0, 0.05) is 5.70 Å². The molecule has 3 rings (SSSR count). The standard InChI is InChI=1S/C17H19N3O2/c1-4-12-6-5-7-13-15(12)17(22)20(11(3)19-13)14-9-8-10(2)18-16(14)21/h5-7,14H,2,4,8-9H2,1,3H3,(H,18,21). The summed E-state index contributed by atoms with van der Waals surface area (Å²) in [6.07, 6.45) is 2.01. The van der Waals surface area contributed by atoms with Crippen molar-refractivity contribution in [2.75, 3.05) is 0 Å². The lowest BCUT2D eigenvalue weighted by atomic mass is 10.0. The lowest BCUT2D eigenvalue weighted by Crippen LogP contribution is -2.41. The SMILES string of the molecule is C=C1CCC(n2c(C)nc3cccc(CC)c3c2=O)C(=O)N1. The molecule has 0 saturated carbocycles. The van der Waals surface area contributed by atoms with Gasteiger partial charge in [0.05, 0.1) is 10.9 Å². The molecule has 1 aromatic heterocycles. The van der Waals surface area contributed by atoms with Crippen LogP contribution in [0.15, 0.2) is 35.3 Å². The van der Waals surface area contributed by atoms with E-state index in [1.807, 2.05) is 25.1 Å². The third kappa shape index (κ3) is 2.22. The first kappa shape index (κ1) is 14.5. The number of carbonyl (C=O) groups is 1. The average Bonchev–Trinajstić information content (AvgIpc) is 2.48. The van der Waals surface area contributed by atoms with Crippen LogP contribution in [0.3, 0.4) is 0 Å². The quantitative estimate of drug-likeness (QED) is 0.924. The number of allylic oxidation sites excluding steroid dienone is 1. The van der Waals surface area contributed by atoms with Crippen LogP contribution < -0.4 is 10.9 Å². The third-order valence-electron chi connectivity index (χ3n) is 4.21. The van der Waals surface area contributed by atoms with Crippen LogP contribution >= 0.6 is 0 Å². The second kappa shape index (κ2) is 5.40. The Morgan fingerprint density at radius 1 is 1.41 bits per heavy atom. The van der Waals surface area contributed by atoms with Crippen LogP contribution in [0.2, 0.25) is 0 Å². The Morgan fingerprint density at radius 2 is 2.18 bits per heavy atom. The number of nitrogens with one attached hydrogen (secondary N) is 1. The van der Waals surface area contributed by atoms with Gasteiger partial charge in [-0.2, -0.15) is 0 Å². The van der Waals surface area contributed by atoms with E-state index in [9.17, 15) is 9.59 Å². The minimum Gasteiger partial charge on any atom is -0.329 e. The van der Waals surface area contributed by atoms with Gasteiger partial charge in [-0.1, -0.05) is 25.6 Å². The summed E-state index contributed by atoms with van der Waals surface area (Å²) in [5, 5.41) is 3.36. The van der Waals surface area contributed by atoms with Gasteiger partial charge in [0.15, 0.2) is 0 Å². The molecule has 5 nitrogen and oxygen atoms in total. The van der Waals surface area contributed by atoms with Crippen molar-refractivity contribution in [1.82, 2.24) is 14.9 Å². The molecule has 1 N–H and O–H groups in total. The summed E-state index contributed by atoms with van der Waals surface area (Å²) in [7, 11) is 0. The van der Waals surface area contributed by atoms with E-state index in [1.165, 1.54) is 4.57 Å². The fourth-order valence-corrected chi connectivity index (χ4v) is 3.09. The molecule has 1 amide bonds. The molecule has 22 heavy (non-hydrogen) atoms. The third-order valence-corrected chi connectivity index (χ3v) is 4.21. The maximum absolute atomic E-state index is 13.0. The number of rotatable bonds is 2. The van der Waals surface area contributed by atoms with Crippen molar-refractivity contribution in [3.8, 4) is 0 Å². The smallest absolute Gasteiger partial charge is 0.262 e. The number of nitrogens with zero attached hydrogens (tertiary/aromatic N) is 2.